The largest absolute Gasteiger partial charge is 0.473 e. The van der Waals surface area contributed by atoms with Gasteiger partial charge in [0, 0.05) is 37.5 Å². The molecule has 0 saturated carbocycles. The zero-order valence-electron chi connectivity index (χ0n) is 22.2. The molecule has 8 nitrogen and oxygen atoms in total. The van der Waals surface area contributed by atoms with Gasteiger partial charge < -0.3 is 19.5 Å². The monoisotopic (exact) mass is 534 g/mol. The van der Waals surface area contributed by atoms with E-state index in [-0.39, 0.29) is 5.92 Å². The lowest BCUT2D eigenvalue weighted by molar-refractivity contribution is 0.155. The molecule has 8 heteroatoms. The highest BCUT2D eigenvalue weighted by Gasteiger charge is 2.30. The number of benzene rings is 3. The second-order valence-corrected chi connectivity index (χ2v) is 9.98. The van der Waals surface area contributed by atoms with E-state index in [0.717, 1.165) is 45.3 Å². The van der Waals surface area contributed by atoms with E-state index in [1.54, 1.807) is 0 Å². The summed E-state index contributed by atoms with van der Waals surface area (Å²) in [5.74, 6) is 1.03. The Labute approximate surface area is 232 Å². The van der Waals surface area contributed by atoms with E-state index < -0.39 is 6.09 Å². The average Bonchev–Trinajstić information content (AvgIpc) is 3.62. The van der Waals surface area contributed by atoms with Gasteiger partial charge in [-0.15, -0.1) is 0 Å². The molecule has 1 amide bonds. The number of ether oxygens (including phenoxy) is 2. The quantitative estimate of drug-likeness (QED) is 0.253. The van der Waals surface area contributed by atoms with E-state index in [1.807, 2.05) is 96.7 Å². The van der Waals surface area contributed by atoms with E-state index >= 15 is 0 Å². The molecule has 0 spiro atoms. The molecular formula is C32H30N4O4. The van der Waals surface area contributed by atoms with Crippen LogP contribution in [0.1, 0.15) is 29.0 Å². The van der Waals surface area contributed by atoms with Crippen LogP contribution in [0.5, 0.6) is 11.8 Å². The summed E-state index contributed by atoms with van der Waals surface area (Å²) in [4.78, 5) is 17.8. The number of carbonyl (C=O) groups is 1. The van der Waals surface area contributed by atoms with Gasteiger partial charge in [-0.2, -0.15) is 10.1 Å². The summed E-state index contributed by atoms with van der Waals surface area (Å²) < 4.78 is 14.2. The topological polar surface area (TPSA) is 89.7 Å². The maximum absolute atomic E-state index is 11.5. The molecule has 6 rings (SSSR count). The minimum atomic E-state index is -0.874. The van der Waals surface area contributed by atoms with E-state index in [1.165, 1.54) is 4.90 Å². The Morgan fingerprint density at radius 2 is 1.60 bits per heavy atom. The number of para-hydroxylation sites is 1. The Balaban J connectivity index is 1.36. The fourth-order valence-electron chi connectivity index (χ4n) is 5.34. The van der Waals surface area contributed by atoms with Gasteiger partial charge in [0.05, 0.1) is 11.1 Å². The second kappa shape index (κ2) is 11.1. The molecule has 3 heterocycles. The van der Waals surface area contributed by atoms with Crippen LogP contribution in [0, 0.1) is 0 Å². The van der Waals surface area contributed by atoms with E-state index in [9.17, 15) is 9.90 Å². The number of aromatic nitrogens is 3. The second-order valence-electron chi connectivity index (χ2n) is 9.98. The first-order valence-corrected chi connectivity index (χ1v) is 13.3. The van der Waals surface area contributed by atoms with Gasteiger partial charge in [-0.3, -0.25) is 4.68 Å². The molecule has 1 atom stereocenters. The summed E-state index contributed by atoms with van der Waals surface area (Å²) >= 11 is 0. The number of pyridine rings is 1. The van der Waals surface area contributed by atoms with Crippen molar-refractivity contribution in [3.63, 3.8) is 0 Å². The lowest BCUT2D eigenvalue weighted by atomic mass is 9.95. The van der Waals surface area contributed by atoms with Crippen LogP contribution in [0.3, 0.4) is 0 Å². The Kier molecular flexibility index (Phi) is 7.06. The van der Waals surface area contributed by atoms with Crippen LogP contribution in [0.25, 0.3) is 22.2 Å². The Bertz CT molecular complexity index is 1640. The highest BCUT2D eigenvalue weighted by molar-refractivity contribution is 5.96. The third kappa shape index (κ3) is 5.20. The minimum Gasteiger partial charge on any atom is -0.473 e. The van der Waals surface area contributed by atoms with Crippen molar-refractivity contribution in [3.05, 3.63) is 108 Å². The molecule has 1 aliphatic rings. The molecule has 202 valence electrons. The van der Waals surface area contributed by atoms with Crippen LogP contribution in [0.4, 0.5) is 4.79 Å². The van der Waals surface area contributed by atoms with Gasteiger partial charge in [-0.1, -0.05) is 78.9 Å². The first kappa shape index (κ1) is 25.4. The highest BCUT2D eigenvalue weighted by atomic mass is 16.5. The van der Waals surface area contributed by atoms with Crippen molar-refractivity contribution in [1.82, 2.24) is 19.7 Å². The lowest BCUT2D eigenvalue weighted by Gasteiger charge is -2.14. The smallest absolute Gasteiger partial charge is 0.407 e. The predicted octanol–water partition coefficient (Wildman–Crippen LogP) is 6.26. The minimum absolute atomic E-state index is 0.115. The number of likely N-dealkylation sites (tertiary alicyclic amines) is 1. The molecule has 1 aliphatic heterocycles. The van der Waals surface area contributed by atoms with Gasteiger partial charge in [0.15, 0.2) is 0 Å². The third-order valence-electron chi connectivity index (χ3n) is 7.33. The van der Waals surface area contributed by atoms with Crippen molar-refractivity contribution in [2.75, 3.05) is 13.1 Å². The van der Waals surface area contributed by atoms with Crippen molar-refractivity contribution >= 4 is 17.0 Å². The summed E-state index contributed by atoms with van der Waals surface area (Å²) in [6.45, 7) is 1.77. The van der Waals surface area contributed by atoms with Crippen molar-refractivity contribution < 1.29 is 19.4 Å². The molecule has 5 aromatic rings. The molecule has 0 unspecified atom stereocenters. The van der Waals surface area contributed by atoms with E-state index in [0.29, 0.717) is 38.1 Å². The number of nitrogens with zero attached hydrogens (tertiary/aromatic N) is 4. The Morgan fingerprint density at radius 1 is 0.900 bits per heavy atom. The Morgan fingerprint density at radius 3 is 2.27 bits per heavy atom. The molecule has 1 N–H and O–H groups in total. The average molecular weight is 535 g/mol. The molecule has 3 aromatic carbocycles. The van der Waals surface area contributed by atoms with Crippen LogP contribution in [-0.4, -0.2) is 44.0 Å². The van der Waals surface area contributed by atoms with Crippen LogP contribution in [-0.2, 0) is 20.3 Å². The zero-order chi connectivity index (χ0) is 27.5. The van der Waals surface area contributed by atoms with Crippen LogP contribution >= 0.6 is 0 Å². The van der Waals surface area contributed by atoms with Gasteiger partial charge in [0.25, 0.3) is 0 Å². The molecule has 0 bridgehead atoms. The summed E-state index contributed by atoms with van der Waals surface area (Å²) in [5, 5.41) is 15.3. The summed E-state index contributed by atoms with van der Waals surface area (Å²) in [5.41, 5.74) is 5.71. The first-order chi connectivity index (χ1) is 19.6. The van der Waals surface area contributed by atoms with Crippen molar-refractivity contribution in [2.24, 2.45) is 7.05 Å². The maximum Gasteiger partial charge on any atom is 0.407 e. The molecule has 1 saturated heterocycles. The lowest BCUT2D eigenvalue weighted by Crippen LogP contribution is -2.26. The molecule has 0 aliphatic carbocycles. The van der Waals surface area contributed by atoms with Gasteiger partial charge >= 0.3 is 6.09 Å². The predicted molar refractivity (Wildman–Crippen MR) is 152 cm³/mol. The normalized spacial score (nSPS) is 14.9. The van der Waals surface area contributed by atoms with Crippen LogP contribution in [0.15, 0.2) is 91.0 Å². The summed E-state index contributed by atoms with van der Waals surface area (Å²) in [6.07, 6.45) is -0.0898. The zero-order valence-corrected chi connectivity index (χ0v) is 22.2. The number of amides is 1. The number of fused-ring (bicyclic) bond motifs is 1. The number of aryl methyl sites for hydroxylation is 1. The third-order valence-corrected chi connectivity index (χ3v) is 7.33. The van der Waals surface area contributed by atoms with Gasteiger partial charge in [0.2, 0.25) is 11.8 Å². The molecule has 2 aromatic heterocycles. The number of rotatable bonds is 8. The van der Waals surface area contributed by atoms with Gasteiger partial charge in [-0.05, 0) is 29.2 Å². The van der Waals surface area contributed by atoms with E-state index in [4.69, 9.17) is 19.6 Å². The number of carboxylic acid groups (broad SMARTS) is 1. The van der Waals surface area contributed by atoms with Gasteiger partial charge in [0.1, 0.15) is 18.9 Å². The van der Waals surface area contributed by atoms with Crippen molar-refractivity contribution in [3.8, 4) is 23.0 Å². The van der Waals surface area contributed by atoms with Crippen molar-refractivity contribution in [1.29, 1.82) is 0 Å². The molecule has 40 heavy (non-hydrogen) atoms. The molecule has 1 fully saturated rings. The van der Waals surface area contributed by atoms with Gasteiger partial charge in [-0.25, -0.2) is 4.79 Å². The summed E-state index contributed by atoms with van der Waals surface area (Å²) in [7, 11) is 1.93. The number of hydrogen-bond acceptors (Lipinski definition) is 5. The fourth-order valence-corrected chi connectivity index (χ4v) is 5.34. The van der Waals surface area contributed by atoms with Crippen LogP contribution < -0.4 is 9.47 Å². The standard InChI is InChI=1S/C32H30N4O4/c1-35-30-25(24-17-18-36(19-24)32(37)38)13-8-14-26(30)29(34-35)27-15-16-28(39-20-22-9-4-2-5-10-22)33-31(27)40-21-23-11-6-3-7-12-23/h2-16,24H,17-21H2,1H3,(H,37,38)/t24-/m0/s1. The van der Waals surface area contributed by atoms with Crippen molar-refractivity contribution in [2.45, 2.75) is 25.6 Å². The maximum atomic E-state index is 11.5. The highest BCUT2D eigenvalue weighted by Crippen LogP contribution is 2.39. The first-order valence-electron chi connectivity index (χ1n) is 13.3. The molecule has 0 radical (unpaired) electrons. The number of hydrogen-bond donors (Lipinski definition) is 1. The van der Waals surface area contributed by atoms with E-state index in [2.05, 4.69) is 6.07 Å². The fraction of sp³-hybridized carbons (Fsp3) is 0.219. The molecular weight excluding hydrogens is 504 g/mol. The SMILES string of the molecule is Cn1nc(-c2ccc(OCc3ccccc3)nc2OCc2ccccc2)c2cccc([C@H]3CCN(C(=O)O)C3)c21. The Hall–Kier alpha value is -4.85. The van der Waals surface area contributed by atoms with Crippen LogP contribution in [0.2, 0.25) is 0 Å². The summed E-state index contributed by atoms with van der Waals surface area (Å²) in [6, 6.07) is 29.9.